The molecule has 1 atom stereocenters. The Morgan fingerprint density at radius 1 is 1.17 bits per heavy atom. The molecular weight excluding hydrogens is 297 g/mol. The highest BCUT2D eigenvalue weighted by Crippen LogP contribution is 2.31. The molecule has 0 bridgehead atoms. The maximum Gasteiger partial charge on any atom is 0.223 e. The van der Waals surface area contributed by atoms with Crippen molar-refractivity contribution in [2.45, 2.75) is 6.04 Å². The molecule has 0 aliphatic rings. The molecule has 2 aromatic heterocycles. The molecule has 7 heteroatoms. The Balaban J connectivity index is 2.04. The van der Waals surface area contributed by atoms with Crippen molar-refractivity contribution in [3.63, 3.8) is 0 Å². The highest BCUT2D eigenvalue weighted by Gasteiger charge is 2.22. The molecular formula is C16H16FN5O. The highest BCUT2D eigenvalue weighted by atomic mass is 19.1. The van der Waals surface area contributed by atoms with E-state index in [1.165, 1.54) is 0 Å². The van der Waals surface area contributed by atoms with Gasteiger partial charge in [-0.15, -0.1) is 0 Å². The van der Waals surface area contributed by atoms with Gasteiger partial charge in [0.05, 0.1) is 19.5 Å². The van der Waals surface area contributed by atoms with Gasteiger partial charge in [-0.05, 0) is 6.07 Å². The number of rotatable bonds is 5. The number of imidazole rings is 1. The van der Waals surface area contributed by atoms with Gasteiger partial charge in [0, 0.05) is 25.0 Å². The van der Waals surface area contributed by atoms with Crippen LogP contribution in [-0.4, -0.2) is 26.6 Å². The third-order valence-electron chi connectivity index (χ3n) is 3.46. The smallest absolute Gasteiger partial charge is 0.223 e. The maximum atomic E-state index is 13.0. The molecule has 1 N–H and O–H groups in total. The van der Waals surface area contributed by atoms with Gasteiger partial charge >= 0.3 is 0 Å². The molecule has 118 valence electrons. The zero-order chi connectivity index (χ0) is 16.2. The van der Waals surface area contributed by atoms with Crippen molar-refractivity contribution in [2.75, 3.05) is 12.4 Å². The van der Waals surface area contributed by atoms with E-state index >= 15 is 0 Å². The number of anilines is 1. The Hall–Kier alpha value is -2.96. The summed E-state index contributed by atoms with van der Waals surface area (Å²) in [5, 5.41) is 3.19. The Bertz CT molecular complexity index is 787. The van der Waals surface area contributed by atoms with Crippen molar-refractivity contribution in [2.24, 2.45) is 7.05 Å². The zero-order valence-corrected chi connectivity index (χ0v) is 12.8. The first kappa shape index (κ1) is 15.0. The number of halogens is 1. The van der Waals surface area contributed by atoms with Gasteiger partial charge in [0.2, 0.25) is 5.95 Å². The second kappa shape index (κ2) is 6.43. The molecule has 0 saturated heterocycles. The molecule has 3 aromatic rings. The first-order valence-corrected chi connectivity index (χ1v) is 7.03. The highest BCUT2D eigenvalue weighted by molar-refractivity contribution is 5.44. The Labute approximate surface area is 133 Å². The quantitative estimate of drug-likeness (QED) is 0.784. The maximum absolute atomic E-state index is 13.0. The van der Waals surface area contributed by atoms with E-state index in [-0.39, 0.29) is 6.04 Å². The number of aromatic nitrogens is 4. The molecule has 0 saturated carbocycles. The number of hydrogen-bond acceptors (Lipinski definition) is 5. The summed E-state index contributed by atoms with van der Waals surface area (Å²) < 4.78 is 20.4. The van der Waals surface area contributed by atoms with Crippen LogP contribution in [0.3, 0.4) is 0 Å². The van der Waals surface area contributed by atoms with Crippen molar-refractivity contribution >= 4 is 5.95 Å². The standard InChI is InChI=1S/C16H16FN5O/c1-22-8-7-18-15(22)14(12-5-3-4-6-13(12)23-2)21-16-19-9-11(17)10-20-16/h3-10,14H,1-2H3,(H,19,20,21). The summed E-state index contributed by atoms with van der Waals surface area (Å²) in [7, 11) is 3.51. The van der Waals surface area contributed by atoms with Crippen molar-refractivity contribution in [1.29, 1.82) is 0 Å². The summed E-state index contributed by atoms with van der Waals surface area (Å²) >= 11 is 0. The fourth-order valence-corrected chi connectivity index (χ4v) is 2.36. The van der Waals surface area contributed by atoms with Gasteiger partial charge in [-0.25, -0.2) is 19.3 Å². The average molecular weight is 313 g/mol. The van der Waals surface area contributed by atoms with Crippen LogP contribution in [0.25, 0.3) is 0 Å². The molecule has 1 aromatic carbocycles. The van der Waals surface area contributed by atoms with E-state index in [0.717, 1.165) is 29.5 Å². The normalized spacial score (nSPS) is 12.0. The lowest BCUT2D eigenvalue weighted by Gasteiger charge is -2.21. The summed E-state index contributed by atoms with van der Waals surface area (Å²) in [4.78, 5) is 12.3. The Morgan fingerprint density at radius 3 is 2.57 bits per heavy atom. The van der Waals surface area contributed by atoms with Crippen molar-refractivity contribution in [3.05, 3.63) is 66.3 Å². The summed E-state index contributed by atoms with van der Waals surface area (Å²) in [5.74, 6) is 1.31. The van der Waals surface area contributed by atoms with Gasteiger partial charge in [-0.3, -0.25) is 0 Å². The van der Waals surface area contributed by atoms with Crippen LogP contribution in [-0.2, 0) is 7.05 Å². The van der Waals surface area contributed by atoms with Gasteiger partial charge in [-0.2, -0.15) is 0 Å². The topological polar surface area (TPSA) is 64.9 Å². The first-order chi connectivity index (χ1) is 11.2. The predicted molar refractivity (Wildman–Crippen MR) is 83.7 cm³/mol. The van der Waals surface area contributed by atoms with Crippen LogP contribution in [0.15, 0.2) is 49.1 Å². The summed E-state index contributed by atoms with van der Waals surface area (Å²) in [6.07, 6.45) is 5.80. The van der Waals surface area contributed by atoms with Gasteiger partial charge in [0.15, 0.2) is 5.82 Å². The molecule has 2 heterocycles. The van der Waals surface area contributed by atoms with Crippen LogP contribution >= 0.6 is 0 Å². The number of benzene rings is 1. The number of para-hydroxylation sites is 1. The third-order valence-corrected chi connectivity index (χ3v) is 3.46. The largest absolute Gasteiger partial charge is 0.496 e. The van der Waals surface area contributed by atoms with Crippen LogP contribution in [0, 0.1) is 5.82 Å². The molecule has 23 heavy (non-hydrogen) atoms. The van der Waals surface area contributed by atoms with Gasteiger partial charge in [0.25, 0.3) is 0 Å². The zero-order valence-electron chi connectivity index (χ0n) is 12.8. The van der Waals surface area contributed by atoms with Gasteiger partial charge in [-0.1, -0.05) is 18.2 Å². The number of ether oxygens (including phenoxy) is 1. The van der Waals surface area contributed by atoms with Crippen LogP contribution in [0.1, 0.15) is 17.4 Å². The van der Waals surface area contributed by atoms with Crippen molar-refractivity contribution < 1.29 is 9.13 Å². The molecule has 1 unspecified atom stereocenters. The first-order valence-electron chi connectivity index (χ1n) is 7.03. The van der Waals surface area contributed by atoms with E-state index in [4.69, 9.17) is 4.74 Å². The van der Waals surface area contributed by atoms with E-state index in [2.05, 4.69) is 20.3 Å². The van der Waals surface area contributed by atoms with Crippen LogP contribution in [0.4, 0.5) is 10.3 Å². The molecule has 0 radical (unpaired) electrons. The SMILES string of the molecule is COc1ccccc1C(Nc1ncc(F)cn1)c1nccn1C. The number of hydrogen-bond donors (Lipinski definition) is 1. The summed E-state index contributed by atoms with van der Waals surface area (Å²) in [5.41, 5.74) is 0.886. The molecule has 0 aliphatic heterocycles. The lowest BCUT2D eigenvalue weighted by atomic mass is 10.0. The lowest BCUT2D eigenvalue weighted by Crippen LogP contribution is -2.19. The molecule has 0 spiro atoms. The van der Waals surface area contributed by atoms with Gasteiger partial charge < -0.3 is 14.6 Å². The number of methoxy groups -OCH3 is 1. The number of nitrogens with zero attached hydrogens (tertiary/aromatic N) is 4. The number of nitrogens with one attached hydrogen (secondary N) is 1. The Morgan fingerprint density at radius 2 is 1.91 bits per heavy atom. The van der Waals surface area contributed by atoms with E-state index in [0.29, 0.717) is 5.95 Å². The molecule has 0 aliphatic carbocycles. The average Bonchev–Trinajstić information content (AvgIpc) is 3.00. The van der Waals surface area contributed by atoms with E-state index < -0.39 is 5.82 Å². The van der Waals surface area contributed by atoms with Crippen LogP contribution in [0.5, 0.6) is 5.75 Å². The summed E-state index contributed by atoms with van der Waals surface area (Å²) in [6.45, 7) is 0. The molecule has 0 fully saturated rings. The van der Waals surface area contributed by atoms with E-state index in [1.807, 2.05) is 42.1 Å². The summed E-state index contributed by atoms with van der Waals surface area (Å²) in [6, 6.07) is 7.29. The molecule has 0 amide bonds. The minimum atomic E-state index is -0.485. The van der Waals surface area contributed by atoms with E-state index in [9.17, 15) is 4.39 Å². The van der Waals surface area contributed by atoms with E-state index in [1.54, 1.807) is 13.3 Å². The fourth-order valence-electron chi connectivity index (χ4n) is 2.36. The minimum absolute atomic E-state index is 0.310. The lowest BCUT2D eigenvalue weighted by molar-refractivity contribution is 0.408. The minimum Gasteiger partial charge on any atom is -0.496 e. The second-order valence-electron chi connectivity index (χ2n) is 4.94. The second-order valence-corrected chi connectivity index (χ2v) is 4.94. The number of aryl methyl sites for hydroxylation is 1. The van der Waals surface area contributed by atoms with Crippen molar-refractivity contribution in [1.82, 2.24) is 19.5 Å². The monoisotopic (exact) mass is 313 g/mol. The molecule has 3 rings (SSSR count). The third kappa shape index (κ3) is 3.13. The van der Waals surface area contributed by atoms with Gasteiger partial charge in [0.1, 0.15) is 17.6 Å². The Kier molecular flexibility index (Phi) is 4.18. The predicted octanol–water partition coefficient (Wildman–Crippen LogP) is 2.56. The van der Waals surface area contributed by atoms with Crippen molar-refractivity contribution in [3.8, 4) is 5.75 Å². The van der Waals surface area contributed by atoms with Crippen LogP contribution in [0.2, 0.25) is 0 Å². The molecule has 6 nitrogen and oxygen atoms in total. The fraction of sp³-hybridized carbons (Fsp3) is 0.188. The van der Waals surface area contributed by atoms with Crippen LogP contribution < -0.4 is 10.1 Å².